The Labute approximate surface area is 98.2 Å². The van der Waals surface area contributed by atoms with Gasteiger partial charge in [0.25, 0.3) is 0 Å². The summed E-state index contributed by atoms with van der Waals surface area (Å²) >= 11 is 0. The maximum atomic E-state index is 5.36. The Morgan fingerprint density at radius 1 is 1.31 bits per heavy atom. The molecule has 1 heterocycles. The number of hydrogen-bond donors (Lipinski definition) is 0. The summed E-state index contributed by atoms with van der Waals surface area (Å²) in [5.41, 5.74) is 2.80. The van der Waals surface area contributed by atoms with Crippen molar-refractivity contribution in [1.82, 2.24) is 4.90 Å². The maximum absolute atomic E-state index is 5.36. The molecule has 1 aliphatic heterocycles. The first-order valence-electron chi connectivity index (χ1n) is 6.12. The molecule has 0 spiro atoms. The third-order valence-electron chi connectivity index (χ3n) is 3.25. The summed E-state index contributed by atoms with van der Waals surface area (Å²) in [4.78, 5) is 2.50. The van der Waals surface area contributed by atoms with Gasteiger partial charge in [0, 0.05) is 19.6 Å². The van der Waals surface area contributed by atoms with Crippen LogP contribution in [0.5, 0.6) is 0 Å². The summed E-state index contributed by atoms with van der Waals surface area (Å²) in [5.74, 6) is 0.609. The number of ether oxygens (including phenoxy) is 1. The van der Waals surface area contributed by atoms with E-state index in [1.54, 1.807) is 0 Å². The fourth-order valence-corrected chi connectivity index (χ4v) is 2.25. The Bertz CT molecular complexity index is 331. The molecule has 0 N–H and O–H groups in total. The van der Waals surface area contributed by atoms with E-state index >= 15 is 0 Å². The van der Waals surface area contributed by atoms with Crippen molar-refractivity contribution in [3.05, 3.63) is 35.4 Å². The van der Waals surface area contributed by atoms with Crippen LogP contribution in [0.3, 0.4) is 0 Å². The molecule has 1 unspecified atom stereocenters. The molecule has 1 atom stereocenters. The topological polar surface area (TPSA) is 12.5 Å². The number of morpholine rings is 1. The fourth-order valence-electron chi connectivity index (χ4n) is 2.25. The lowest BCUT2D eigenvalue weighted by molar-refractivity contribution is 0.0357. The number of rotatable bonds is 3. The molecule has 1 aromatic carbocycles. The molecular formula is C14H21NO. The van der Waals surface area contributed by atoms with E-state index in [2.05, 4.69) is 43.0 Å². The lowest BCUT2D eigenvalue weighted by atomic mass is 9.99. The summed E-state index contributed by atoms with van der Waals surface area (Å²) in [5, 5.41) is 0. The second-order valence-corrected chi connectivity index (χ2v) is 4.73. The molecule has 0 bridgehead atoms. The van der Waals surface area contributed by atoms with Gasteiger partial charge in [-0.2, -0.15) is 0 Å². The minimum Gasteiger partial charge on any atom is -0.379 e. The first kappa shape index (κ1) is 11.6. The predicted molar refractivity (Wildman–Crippen MR) is 66.9 cm³/mol. The first-order valence-corrected chi connectivity index (χ1v) is 6.12. The average molecular weight is 219 g/mol. The van der Waals surface area contributed by atoms with Gasteiger partial charge in [0.2, 0.25) is 0 Å². The maximum Gasteiger partial charge on any atom is 0.0594 e. The van der Waals surface area contributed by atoms with Gasteiger partial charge in [-0.25, -0.2) is 0 Å². The van der Waals surface area contributed by atoms with E-state index in [0.717, 1.165) is 32.8 Å². The van der Waals surface area contributed by atoms with Gasteiger partial charge in [-0.15, -0.1) is 0 Å². The predicted octanol–water partition coefficient (Wildman–Crippen LogP) is 2.43. The van der Waals surface area contributed by atoms with Crippen LogP contribution in [0.1, 0.15) is 24.0 Å². The zero-order valence-corrected chi connectivity index (χ0v) is 10.3. The zero-order valence-electron chi connectivity index (χ0n) is 10.3. The van der Waals surface area contributed by atoms with Crippen LogP contribution < -0.4 is 0 Å². The van der Waals surface area contributed by atoms with E-state index in [0.29, 0.717) is 5.92 Å². The zero-order chi connectivity index (χ0) is 11.4. The number of nitrogens with zero attached hydrogens (tertiary/aromatic N) is 1. The molecule has 1 saturated heterocycles. The van der Waals surface area contributed by atoms with Gasteiger partial charge in [0.05, 0.1) is 13.2 Å². The fraction of sp³-hybridized carbons (Fsp3) is 0.571. The minimum atomic E-state index is 0.609. The van der Waals surface area contributed by atoms with Crippen molar-refractivity contribution in [3.8, 4) is 0 Å². The highest BCUT2D eigenvalue weighted by Gasteiger charge is 2.14. The first-order chi connectivity index (χ1) is 7.75. The van der Waals surface area contributed by atoms with Crippen molar-refractivity contribution < 1.29 is 4.74 Å². The molecule has 88 valence electrons. The molecule has 0 aliphatic carbocycles. The van der Waals surface area contributed by atoms with Crippen LogP contribution in [0.2, 0.25) is 0 Å². The Morgan fingerprint density at radius 2 is 2.06 bits per heavy atom. The summed E-state index contributed by atoms with van der Waals surface area (Å²) in [6, 6.07) is 8.84. The van der Waals surface area contributed by atoms with Crippen LogP contribution in [0, 0.1) is 6.92 Å². The molecule has 0 aromatic heterocycles. The number of hydrogen-bond acceptors (Lipinski definition) is 2. The van der Waals surface area contributed by atoms with Crippen LogP contribution in [0.4, 0.5) is 0 Å². The summed E-state index contributed by atoms with van der Waals surface area (Å²) < 4.78 is 5.36. The van der Waals surface area contributed by atoms with Gasteiger partial charge < -0.3 is 4.74 Å². The molecule has 0 radical (unpaired) electrons. The molecule has 1 aromatic rings. The van der Waals surface area contributed by atoms with Crippen LogP contribution >= 0.6 is 0 Å². The normalized spacial score (nSPS) is 19.6. The number of benzene rings is 1. The van der Waals surface area contributed by atoms with Gasteiger partial charge in [-0.3, -0.25) is 4.90 Å². The number of aryl methyl sites for hydroxylation is 1. The van der Waals surface area contributed by atoms with Crippen molar-refractivity contribution in [2.75, 3.05) is 32.8 Å². The Balaban J connectivity index is 1.94. The molecule has 0 saturated carbocycles. The van der Waals surface area contributed by atoms with E-state index in [4.69, 9.17) is 4.74 Å². The summed E-state index contributed by atoms with van der Waals surface area (Å²) in [7, 11) is 0. The van der Waals surface area contributed by atoms with E-state index in [1.807, 2.05) is 0 Å². The van der Waals surface area contributed by atoms with Crippen molar-refractivity contribution in [2.24, 2.45) is 0 Å². The molecular weight excluding hydrogens is 198 g/mol. The Morgan fingerprint density at radius 3 is 2.75 bits per heavy atom. The second kappa shape index (κ2) is 5.46. The van der Waals surface area contributed by atoms with Crippen LogP contribution in [-0.2, 0) is 4.74 Å². The average Bonchev–Trinajstić information content (AvgIpc) is 2.30. The summed E-state index contributed by atoms with van der Waals surface area (Å²) in [6.07, 6.45) is 0. The highest BCUT2D eigenvalue weighted by molar-refractivity contribution is 5.25. The Hall–Kier alpha value is -0.860. The highest BCUT2D eigenvalue weighted by Crippen LogP contribution is 2.18. The molecule has 1 fully saturated rings. The third kappa shape index (κ3) is 3.06. The van der Waals surface area contributed by atoms with Gasteiger partial charge in [-0.05, 0) is 18.4 Å². The van der Waals surface area contributed by atoms with Crippen LogP contribution in [-0.4, -0.2) is 37.7 Å². The quantitative estimate of drug-likeness (QED) is 0.774. The van der Waals surface area contributed by atoms with Crippen LogP contribution in [0.15, 0.2) is 24.3 Å². The standard InChI is InChI=1S/C14H21NO/c1-12-4-3-5-14(10-12)13(2)11-15-6-8-16-9-7-15/h3-5,10,13H,6-9,11H2,1-2H3. The van der Waals surface area contributed by atoms with E-state index in [-0.39, 0.29) is 0 Å². The molecule has 16 heavy (non-hydrogen) atoms. The third-order valence-corrected chi connectivity index (χ3v) is 3.25. The van der Waals surface area contributed by atoms with Gasteiger partial charge in [0.1, 0.15) is 0 Å². The minimum absolute atomic E-state index is 0.609. The molecule has 1 aliphatic rings. The van der Waals surface area contributed by atoms with E-state index in [9.17, 15) is 0 Å². The van der Waals surface area contributed by atoms with Crippen molar-refractivity contribution >= 4 is 0 Å². The SMILES string of the molecule is Cc1cccc(C(C)CN2CCOCC2)c1. The highest BCUT2D eigenvalue weighted by atomic mass is 16.5. The van der Waals surface area contributed by atoms with Gasteiger partial charge >= 0.3 is 0 Å². The van der Waals surface area contributed by atoms with Crippen molar-refractivity contribution in [2.45, 2.75) is 19.8 Å². The largest absolute Gasteiger partial charge is 0.379 e. The van der Waals surface area contributed by atoms with Gasteiger partial charge in [-0.1, -0.05) is 36.8 Å². The molecule has 2 rings (SSSR count). The lowest BCUT2D eigenvalue weighted by Gasteiger charge is -2.29. The Kier molecular flexibility index (Phi) is 3.97. The van der Waals surface area contributed by atoms with Crippen molar-refractivity contribution in [1.29, 1.82) is 0 Å². The second-order valence-electron chi connectivity index (χ2n) is 4.73. The molecule has 2 nitrogen and oxygen atoms in total. The van der Waals surface area contributed by atoms with Gasteiger partial charge in [0.15, 0.2) is 0 Å². The monoisotopic (exact) mass is 219 g/mol. The van der Waals surface area contributed by atoms with E-state index < -0.39 is 0 Å². The van der Waals surface area contributed by atoms with Crippen molar-refractivity contribution in [3.63, 3.8) is 0 Å². The van der Waals surface area contributed by atoms with E-state index in [1.165, 1.54) is 11.1 Å². The van der Waals surface area contributed by atoms with Crippen LogP contribution in [0.25, 0.3) is 0 Å². The lowest BCUT2D eigenvalue weighted by Crippen LogP contribution is -2.38. The smallest absolute Gasteiger partial charge is 0.0594 e. The molecule has 0 amide bonds. The molecule has 2 heteroatoms. The summed E-state index contributed by atoms with van der Waals surface area (Å²) in [6.45, 7) is 9.55.